The molecule has 0 N–H and O–H groups in total. The van der Waals surface area contributed by atoms with E-state index in [1.54, 1.807) is 12.4 Å². The molecule has 1 fully saturated rings. The van der Waals surface area contributed by atoms with Gasteiger partial charge in [-0.25, -0.2) is 0 Å². The Morgan fingerprint density at radius 2 is 1.93 bits per heavy atom. The number of hydrogen-bond acceptors (Lipinski definition) is 5. The first-order valence-corrected chi connectivity index (χ1v) is 9.33. The number of hydrogen-bond donors (Lipinski definition) is 0. The molecule has 0 aliphatic carbocycles. The number of amides is 1. The summed E-state index contributed by atoms with van der Waals surface area (Å²) in [4.78, 5) is 30.4. The summed E-state index contributed by atoms with van der Waals surface area (Å²) in [7, 11) is 0. The van der Waals surface area contributed by atoms with E-state index < -0.39 is 0 Å². The molecule has 1 aromatic carbocycles. The van der Waals surface area contributed by atoms with E-state index in [1.807, 2.05) is 48.4 Å². The van der Waals surface area contributed by atoms with Crippen molar-refractivity contribution in [1.29, 1.82) is 0 Å². The van der Waals surface area contributed by atoms with Gasteiger partial charge in [-0.05, 0) is 19.1 Å². The Morgan fingerprint density at radius 3 is 2.70 bits per heavy atom. The van der Waals surface area contributed by atoms with Crippen molar-refractivity contribution in [2.75, 3.05) is 32.7 Å². The highest BCUT2D eigenvalue weighted by molar-refractivity contribution is 6.05. The Kier molecular flexibility index (Phi) is 5.07. The van der Waals surface area contributed by atoms with Gasteiger partial charge in [-0.1, -0.05) is 18.2 Å². The van der Waals surface area contributed by atoms with Gasteiger partial charge in [0.05, 0.1) is 16.8 Å². The van der Waals surface area contributed by atoms with Gasteiger partial charge in [-0.2, -0.15) is 0 Å². The van der Waals surface area contributed by atoms with E-state index in [0.717, 1.165) is 61.4 Å². The second-order valence-electron chi connectivity index (χ2n) is 6.91. The minimum Gasteiger partial charge on any atom is -0.336 e. The second-order valence-corrected chi connectivity index (χ2v) is 6.91. The highest BCUT2D eigenvalue weighted by Gasteiger charge is 2.23. The van der Waals surface area contributed by atoms with E-state index in [2.05, 4.69) is 19.9 Å². The van der Waals surface area contributed by atoms with Crippen LogP contribution in [0.15, 0.2) is 48.9 Å². The molecular weight excluding hydrogens is 338 g/mol. The summed E-state index contributed by atoms with van der Waals surface area (Å²) in [5.41, 5.74) is 3.43. The van der Waals surface area contributed by atoms with Crippen molar-refractivity contribution < 1.29 is 4.79 Å². The largest absolute Gasteiger partial charge is 0.336 e. The Hall–Kier alpha value is -2.86. The van der Waals surface area contributed by atoms with Gasteiger partial charge in [0, 0.05) is 68.8 Å². The number of benzene rings is 1. The number of para-hydroxylation sites is 1. The van der Waals surface area contributed by atoms with E-state index in [1.165, 1.54) is 0 Å². The zero-order chi connectivity index (χ0) is 18.6. The van der Waals surface area contributed by atoms with Gasteiger partial charge in [-0.15, -0.1) is 0 Å². The first-order valence-electron chi connectivity index (χ1n) is 9.33. The summed E-state index contributed by atoms with van der Waals surface area (Å²) in [6.07, 6.45) is 6.12. The van der Waals surface area contributed by atoms with Gasteiger partial charge >= 0.3 is 0 Å². The molecule has 3 aromatic rings. The Balaban J connectivity index is 1.40. The first kappa shape index (κ1) is 17.5. The number of rotatable bonds is 4. The highest BCUT2D eigenvalue weighted by Crippen LogP contribution is 2.19. The van der Waals surface area contributed by atoms with E-state index in [4.69, 9.17) is 0 Å². The molecule has 0 atom stereocenters. The Labute approximate surface area is 158 Å². The molecule has 27 heavy (non-hydrogen) atoms. The van der Waals surface area contributed by atoms with Crippen LogP contribution in [0.5, 0.6) is 0 Å². The van der Waals surface area contributed by atoms with Crippen LogP contribution in [0.2, 0.25) is 0 Å². The molecule has 4 rings (SSSR count). The van der Waals surface area contributed by atoms with Crippen LogP contribution in [-0.2, 0) is 6.42 Å². The van der Waals surface area contributed by atoms with Crippen molar-refractivity contribution in [1.82, 2.24) is 24.8 Å². The third-order valence-corrected chi connectivity index (χ3v) is 5.05. The van der Waals surface area contributed by atoms with Gasteiger partial charge in [0.25, 0.3) is 5.91 Å². The predicted molar refractivity (Wildman–Crippen MR) is 105 cm³/mol. The fourth-order valence-electron chi connectivity index (χ4n) is 3.49. The molecule has 1 aliphatic heterocycles. The van der Waals surface area contributed by atoms with Crippen LogP contribution in [0.3, 0.4) is 0 Å². The molecule has 6 heteroatoms. The summed E-state index contributed by atoms with van der Waals surface area (Å²) in [5, 5.41) is 1.01. The molecule has 2 aromatic heterocycles. The van der Waals surface area contributed by atoms with Gasteiger partial charge in [0.1, 0.15) is 0 Å². The lowest BCUT2D eigenvalue weighted by Gasteiger charge is -2.34. The lowest BCUT2D eigenvalue weighted by atomic mass is 10.1. The average Bonchev–Trinajstić information content (AvgIpc) is 2.72. The third kappa shape index (κ3) is 3.95. The molecule has 0 bridgehead atoms. The van der Waals surface area contributed by atoms with E-state index in [9.17, 15) is 4.79 Å². The average molecular weight is 361 g/mol. The van der Waals surface area contributed by atoms with Crippen molar-refractivity contribution in [3.05, 3.63) is 65.9 Å². The molecule has 0 saturated carbocycles. The minimum atomic E-state index is 0.0762. The molecular formula is C21H23N5O. The van der Waals surface area contributed by atoms with Crippen LogP contribution < -0.4 is 0 Å². The van der Waals surface area contributed by atoms with Crippen LogP contribution >= 0.6 is 0 Å². The van der Waals surface area contributed by atoms with Crippen molar-refractivity contribution in [3.8, 4) is 0 Å². The zero-order valence-corrected chi connectivity index (χ0v) is 15.5. The molecule has 1 aliphatic rings. The Bertz CT molecular complexity index is 936. The van der Waals surface area contributed by atoms with Crippen LogP contribution in [0.4, 0.5) is 0 Å². The van der Waals surface area contributed by atoms with Gasteiger partial charge in [-0.3, -0.25) is 24.6 Å². The van der Waals surface area contributed by atoms with Crippen LogP contribution in [-0.4, -0.2) is 63.4 Å². The van der Waals surface area contributed by atoms with Gasteiger partial charge < -0.3 is 4.90 Å². The maximum absolute atomic E-state index is 13.1. The number of carbonyl (C=O) groups is 1. The van der Waals surface area contributed by atoms with Crippen molar-refractivity contribution >= 4 is 16.8 Å². The summed E-state index contributed by atoms with van der Waals surface area (Å²) in [6.45, 7) is 6.13. The van der Waals surface area contributed by atoms with E-state index >= 15 is 0 Å². The van der Waals surface area contributed by atoms with Gasteiger partial charge in [0.15, 0.2) is 0 Å². The van der Waals surface area contributed by atoms with Crippen LogP contribution in [0.1, 0.15) is 21.7 Å². The quantitative estimate of drug-likeness (QED) is 0.714. The molecule has 0 radical (unpaired) electrons. The summed E-state index contributed by atoms with van der Waals surface area (Å²) in [5.74, 6) is 0.0762. The van der Waals surface area contributed by atoms with Crippen LogP contribution in [0, 0.1) is 6.92 Å². The SMILES string of the molecule is Cc1ccc2cccc(C(=O)N3CCN(CCc4cnccn4)CC3)c2n1. The summed E-state index contributed by atoms with van der Waals surface area (Å²) < 4.78 is 0. The lowest BCUT2D eigenvalue weighted by molar-refractivity contribution is 0.0640. The van der Waals surface area contributed by atoms with Gasteiger partial charge in [0.2, 0.25) is 0 Å². The molecule has 0 unspecified atom stereocenters. The predicted octanol–water partition coefficient (Wildman–Crippen LogP) is 2.33. The third-order valence-electron chi connectivity index (χ3n) is 5.05. The van der Waals surface area contributed by atoms with Crippen molar-refractivity contribution in [3.63, 3.8) is 0 Å². The standard InChI is InChI=1S/C21H23N5O/c1-16-5-6-17-3-2-4-19(20(17)24-16)21(27)26-13-11-25(12-14-26)10-7-18-15-22-8-9-23-18/h2-6,8-9,15H,7,10-14H2,1H3. The normalized spacial score (nSPS) is 15.2. The number of aromatic nitrogens is 3. The minimum absolute atomic E-state index is 0.0762. The monoisotopic (exact) mass is 361 g/mol. The number of piperazine rings is 1. The molecule has 3 heterocycles. The summed E-state index contributed by atoms with van der Waals surface area (Å²) >= 11 is 0. The smallest absolute Gasteiger partial charge is 0.256 e. The Morgan fingerprint density at radius 1 is 1.07 bits per heavy atom. The van der Waals surface area contributed by atoms with E-state index in [-0.39, 0.29) is 5.91 Å². The maximum atomic E-state index is 13.1. The number of nitrogens with zero attached hydrogens (tertiary/aromatic N) is 5. The zero-order valence-electron chi connectivity index (χ0n) is 15.5. The highest BCUT2D eigenvalue weighted by atomic mass is 16.2. The molecule has 0 spiro atoms. The van der Waals surface area contributed by atoms with Crippen molar-refractivity contribution in [2.45, 2.75) is 13.3 Å². The molecule has 138 valence electrons. The van der Waals surface area contributed by atoms with Crippen molar-refractivity contribution in [2.24, 2.45) is 0 Å². The molecule has 6 nitrogen and oxygen atoms in total. The van der Waals surface area contributed by atoms with E-state index in [0.29, 0.717) is 5.56 Å². The lowest BCUT2D eigenvalue weighted by Crippen LogP contribution is -2.49. The fraction of sp³-hybridized carbons (Fsp3) is 0.333. The fourth-order valence-corrected chi connectivity index (χ4v) is 3.49. The second kappa shape index (κ2) is 7.80. The number of carbonyl (C=O) groups excluding carboxylic acids is 1. The molecule has 1 amide bonds. The number of aryl methyl sites for hydroxylation is 1. The van der Waals surface area contributed by atoms with Crippen LogP contribution in [0.25, 0.3) is 10.9 Å². The maximum Gasteiger partial charge on any atom is 0.256 e. The molecule has 1 saturated heterocycles. The first-order chi connectivity index (χ1) is 13.2. The topological polar surface area (TPSA) is 62.2 Å². The number of fused-ring (bicyclic) bond motifs is 1. The number of pyridine rings is 1. The summed E-state index contributed by atoms with van der Waals surface area (Å²) in [6, 6.07) is 9.83.